The van der Waals surface area contributed by atoms with Crippen LogP contribution in [0.1, 0.15) is 5.56 Å². The maximum atomic E-state index is 12.6. The molecule has 0 aliphatic carbocycles. The fourth-order valence-electron chi connectivity index (χ4n) is 1.19. The lowest BCUT2D eigenvalue weighted by Crippen LogP contribution is -2.20. The average molecular weight is 268 g/mol. The summed E-state index contributed by atoms with van der Waals surface area (Å²) in [6, 6.07) is 3.27. The molecule has 0 spiro atoms. The zero-order valence-corrected chi connectivity index (χ0v) is 9.52. The summed E-state index contributed by atoms with van der Waals surface area (Å²) in [5, 5.41) is 1.89. The van der Waals surface area contributed by atoms with Gasteiger partial charge in [0.15, 0.2) is 0 Å². The van der Waals surface area contributed by atoms with E-state index in [1.807, 2.05) is 0 Å². The van der Waals surface area contributed by atoms with Gasteiger partial charge in [0.05, 0.1) is 16.3 Å². The van der Waals surface area contributed by atoms with Crippen LogP contribution in [-0.2, 0) is 15.7 Å². The number of methoxy groups -OCH3 is 1. The highest BCUT2D eigenvalue weighted by Crippen LogP contribution is 2.38. The largest absolute Gasteiger partial charge is 0.418 e. The van der Waals surface area contributed by atoms with Crippen LogP contribution in [0.25, 0.3) is 0 Å². The Hall–Kier alpha value is -1.27. The Labute approximate surface area is 101 Å². The molecule has 1 N–H and O–H groups in total. The third-order valence-corrected chi connectivity index (χ3v) is 2.17. The Balaban J connectivity index is 3.09. The minimum atomic E-state index is -4.58. The van der Waals surface area contributed by atoms with Gasteiger partial charge in [-0.25, -0.2) is 0 Å². The average Bonchev–Trinajstić information content (AvgIpc) is 2.19. The first-order chi connectivity index (χ1) is 7.86. The van der Waals surface area contributed by atoms with Crippen molar-refractivity contribution in [2.24, 2.45) is 0 Å². The first kappa shape index (κ1) is 13.8. The summed E-state index contributed by atoms with van der Waals surface area (Å²) in [6.45, 7) is -0.345. The molecule has 0 bridgehead atoms. The number of hydrogen-bond acceptors (Lipinski definition) is 2. The lowest BCUT2D eigenvalue weighted by atomic mass is 10.1. The molecule has 1 aromatic carbocycles. The van der Waals surface area contributed by atoms with Crippen molar-refractivity contribution >= 4 is 23.2 Å². The summed E-state index contributed by atoms with van der Waals surface area (Å²) >= 11 is 5.62. The Morgan fingerprint density at radius 2 is 2.12 bits per heavy atom. The van der Waals surface area contributed by atoms with Gasteiger partial charge < -0.3 is 10.1 Å². The van der Waals surface area contributed by atoms with E-state index in [0.29, 0.717) is 0 Å². The lowest BCUT2D eigenvalue weighted by molar-refractivity contribution is -0.137. The number of benzene rings is 1. The Morgan fingerprint density at radius 3 is 2.65 bits per heavy atom. The van der Waals surface area contributed by atoms with Gasteiger partial charge in [0.2, 0.25) is 5.91 Å². The van der Waals surface area contributed by atoms with Gasteiger partial charge in [0.25, 0.3) is 0 Å². The lowest BCUT2D eigenvalue weighted by Gasteiger charge is -2.14. The predicted octanol–water partition coefficient (Wildman–Crippen LogP) is 2.94. The highest BCUT2D eigenvalue weighted by atomic mass is 35.5. The van der Waals surface area contributed by atoms with Gasteiger partial charge in [-0.2, -0.15) is 13.2 Å². The molecular weight excluding hydrogens is 259 g/mol. The first-order valence-corrected chi connectivity index (χ1v) is 4.88. The SMILES string of the molecule is COCC(=O)Nc1c(Cl)cccc1C(F)(F)F. The molecule has 0 heterocycles. The van der Waals surface area contributed by atoms with Gasteiger partial charge in [-0.15, -0.1) is 0 Å². The third-order valence-electron chi connectivity index (χ3n) is 1.86. The summed E-state index contributed by atoms with van der Waals surface area (Å²) in [5.41, 5.74) is -1.45. The predicted molar refractivity (Wildman–Crippen MR) is 57.0 cm³/mol. The zero-order chi connectivity index (χ0) is 13.1. The van der Waals surface area contributed by atoms with Gasteiger partial charge in [0, 0.05) is 7.11 Å². The van der Waals surface area contributed by atoms with Crippen molar-refractivity contribution in [2.75, 3.05) is 19.0 Å². The number of hydrogen-bond donors (Lipinski definition) is 1. The van der Waals surface area contributed by atoms with Crippen molar-refractivity contribution < 1.29 is 22.7 Å². The number of nitrogens with one attached hydrogen (secondary N) is 1. The van der Waals surface area contributed by atoms with Gasteiger partial charge in [-0.1, -0.05) is 17.7 Å². The molecule has 0 unspecified atom stereocenters. The van der Waals surface area contributed by atoms with Crippen molar-refractivity contribution in [3.8, 4) is 0 Å². The van der Waals surface area contributed by atoms with Crippen molar-refractivity contribution in [3.05, 3.63) is 28.8 Å². The maximum absolute atomic E-state index is 12.6. The van der Waals surface area contributed by atoms with Crippen LogP contribution in [0.15, 0.2) is 18.2 Å². The summed E-state index contributed by atoms with van der Waals surface area (Å²) in [7, 11) is 1.26. The second-order valence-electron chi connectivity index (χ2n) is 3.14. The van der Waals surface area contributed by atoms with Crippen molar-refractivity contribution in [1.82, 2.24) is 0 Å². The number of carbonyl (C=O) groups excluding carboxylic acids is 1. The molecule has 0 saturated carbocycles. The van der Waals surface area contributed by atoms with E-state index in [9.17, 15) is 18.0 Å². The van der Waals surface area contributed by atoms with Gasteiger partial charge in [0.1, 0.15) is 6.61 Å². The number of alkyl halides is 3. The number of para-hydroxylation sites is 1. The zero-order valence-electron chi connectivity index (χ0n) is 8.77. The van der Waals surface area contributed by atoms with Crippen LogP contribution < -0.4 is 5.32 Å². The summed E-state index contributed by atoms with van der Waals surface area (Å²) in [6.07, 6.45) is -4.58. The molecule has 0 fully saturated rings. The van der Waals surface area contributed by atoms with E-state index in [1.165, 1.54) is 13.2 Å². The van der Waals surface area contributed by atoms with Crippen molar-refractivity contribution in [2.45, 2.75) is 6.18 Å². The summed E-state index contributed by atoms with van der Waals surface area (Å²) in [4.78, 5) is 11.2. The van der Waals surface area contributed by atoms with E-state index in [-0.39, 0.29) is 11.6 Å². The number of amides is 1. The molecule has 0 aliphatic heterocycles. The highest BCUT2D eigenvalue weighted by molar-refractivity contribution is 6.34. The van der Waals surface area contributed by atoms with E-state index < -0.39 is 23.3 Å². The maximum Gasteiger partial charge on any atom is 0.418 e. The van der Waals surface area contributed by atoms with Crippen LogP contribution >= 0.6 is 11.6 Å². The molecule has 7 heteroatoms. The number of ether oxygens (including phenoxy) is 1. The fourth-order valence-corrected chi connectivity index (χ4v) is 1.42. The molecule has 1 amide bonds. The van der Waals surface area contributed by atoms with E-state index in [1.54, 1.807) is 0 Å². The Morgan fingerprint density at radius 1 is 1.47 bits per heavy atom. The second kappa shape index (κ2) is 5.37. The first-order valence-electron chi connectivity index (χ1n) is 4.50. The van der Waals surface area contributed by atoms with Crippen LogP contribution in [0.3, 0.4) is 0 Å². The molecule has 17 heavy (non-hydrogen) atoms. The molecule has 0 radical (unpaired) electrons. The Kier molecular flexibility index (Phi) is 4.36. The molecule has 1 rings (SSSR count). The standard InChI is InChI=1S/C10H9ClF3NO2/c1-17-5-8(16)15-9-6(10(12,13)14)3-2-4-7(9)11/h2-4H,5H2,1H3,(H,15,16). The van der Waals surface area contributed by atoms with Crippen LogP contribution in [0.4, 0.5) is 18.9 Å². The highest BCUT2D eigenvalue weighted by Gasteiger charge is 2.34. The van der Waals surface area contributed by atoms with E-state index >= 15 is 0 Å². The van der Waals surface area contributed by atoms with Gasteiger partial charge in [-0.3, -0.25) is 4.79 Å². The van der Waals surface area contributed by atoms with Gasteiger partial charge in [-0.05, 0) is 12.1 Å². The number of rotatable bonds is 3. The van der Waals surface area contributed by atoms with Crippen molar-refractivity contribution in [1.29, 1.82) is 0 Å². The third kappa shape index (κ3) is 3.61. The van der Waals surface area contributed by atoms with Crippen molar-refractivity contribution in [3.63, 3.8) is 0 Å². The molecule has 0 saturated heterocycles. The van der Waals surface area contributed by atoms with Crippen LogP contribution in [-0.4, -0.2) is 19.6 Å². The molecular formula is C10H9ClF3NO2. The minimum absolute atomic E-state index is 0.177. The topological polar surface area (TPSA) is 38.3 Å². The molecule has 0 aromatic heterocycles. The van der Waals surface area contributed by atoms with E-state index in [0.717, 1.165) is 12.1 Å². The molecule has 1 aromatic rings. The van der Waals surface area contributed by atoms with Crippen LogP contribution in [0.2, 0.25) is 5.02 Å². The normalized spacial score (nSPS) is 11.4. The molecule has 3 nitrogen and oxygen atoms in total. The van der Waals surface area contributed by atoms with Gasteiger partial charge >= 0.3 is 6.18 Å². The summed E-state index contributed by atoms with van der Waals surface area (Å²) < 4.78 is 42.4. The second-order valence-corrected chi connectivity index (χ2v) is 3.55. The van der Waals surface area contributed by atoms with E-state index in [2.05, 4.69) is 10.1 Å². The number of anilines is 1. The monoisotopic (exact) mass is 267 g/mol. The molecule has 0 atom stereocenters. The number of halogens is 4. The van der Waals surface area contributed by atoms with E-state index in [4.69, 9.17) is 11.6 Å². The van der Waals surface area contributed by atoms with Crippen LogP contribution in [0.5, 0.6) is 0 Å². The fraction of sp³-hybridized carbons (Fsp3) is 0.300. The summed E-state index contributed by atoms with van der Waals surface area (Å²) in [5.74, 6) is -0.703. The smallest absolute Gasteiger partial charge is 0.375 e. The Bertz CT molecular complexity index is 421. The quantitative estimate of drug-likeness (QED) is 0.914. The minimum Gasteiger partial charge on any atom is -0.375 e. The molecule has 0 aliphatic rings. The molecule has 94 valence electrons. The van der Waals surface area contributed by atoms with Crippen LogP contribution in [0, 0.1) is 0 Å². The number of carbonyl (C=O) groups is 1.